The molecule has 2 aromatic heterocycles. The molecule has 8 nitrogen and oxygen atoms in total. The van der Waals surface area contributed by atoms with Gasteiger partial charge in [-0.3, -0.25) is 4.79 Å². The molecule has 0 spiro atoms. The molecule has 1 aromatic carbocycles. The van der Waals surface area contributed by atoms with Gasteiger partial charge in [-0.05, 0) is 65.5 Å². The summed E-state index contributed by atoms with van der Waals surface area (Å²) < 4.78 is 0.852. The summed E-state index contributed by atoms with van der Waals surface area (Å²) in [6.45, 7) is 6.40. The number of piperazine rings is 1. The van der Waals surface area contributed by atoms with Crippen LogP contribution in [0.4, 0.5) is 11.4 Å². The summed E-state index contributed by atoms with van der Waals surface area (Å²) in [6, 6.07) is 8.64. The molecule has 1 fully saturated rings. The lowest BCUT2D eigenvalue weighted by molar-refractivity contribution is -0.119. The third-order valence-electron chi connectivity index (χ3n) is 7.21. The highest BCUT2D eigenvalue weighted by atomic mass is 79.9. The summed E-state index contributed by atoms with van der Waals surface area (Å²) in [5.41, 5.74) is 10.2. The molecule has 5 rings (SSSR count). The van der Waals surface area contributed by atoms with Gasteiger partial charge in [-0.15, -0.1) is 0 Å². The van der Waals surface area contributed by atoms with Crippen molar-refractivity contribution in [1.29, 1.82) is 0 Å². The standard InChI is InChI=1S/C26H32BrN7O/c1-16-4-3-5-18(14-21(28)35)22(16)30-23-20(27)15-29-26-24(23)31-25(32-26)17-6-8-19(9-7-17)34-12-10-33(2)11-13-34/h3-4,6-9,15-16,18,22H,5,10-14H2,1-2H3,(H2,28,35)(H2,29,30,31,32). The van der Waals surface area contributed by atoms with Gasteiger partial charge in [0.1, 0.15) is 11.3 Å². The number of likely N-dealkylation sites (N-methyl/N-ethyl adjacent to an activating group) is 1. The van der Waals surface area contributed by atoms with E-state index < -0.39 is 0 Å². The number of carbonyl (C=O) groups excluding carboxylic acids is 1. The zero-order valence-electron chi connectivity index (χ0n) is 20.2. The number of halogens is 1. The molecule has 4 N–H and O–H groups in total. The lowest BCUT2D eigenvalue weighted by Gasteiger charge is -2.34. The fourth-order valence-corrected chi connectivity index (χ4v) is 5.57. The number of nitrogens with zero attached hydrogens (tertiary/aromatic N) is 4. The van der Waals surface area contributed by atoms with Crippen LogP contribution >= 0.6 is 15.9 Å². The van der Waals surface area contributed by atoms with Gasteiger partial charge < -0.3 is 25.8 Å². The predicted molar refractivity (Wildman–Crippen MR) is 144 cm³/mol. The van der Waals surface area contributed by atoms with Gasteiger partial charge in [-0.25, -0.2) is 9.97 Å². The van der Waals surface area contributed by atoms with Gasteiger partial charge in [0.15, 0.2) is 5.65 Å². The first-order valence-corrected chi connectivity index (χ1v) is 13.0. The van der Waals surface area contributed by atoms with Crippen LogP contribution in [-0.2, 0) is 4.79 Å². The van der Waals surface area contributed by atoms with Crippen molar-refractivity contribution in [1.82, 2.24) is 19.9 Å². The summed E-state index contributed by atoms with van der Waals surface area (Å²) >= 11 is 3.67. The molecule has 35 heavy (non-hydrogen) atoms. The number of pyridine rings is 1. The van der Waals surface area contributed by atoms with E-state index >= 15 is 0 Å². The zero-order chi connectivity index (χ0) is 24.5. The fourth-order valence-electron chi connectivity index (χ4n) is 5.15. The topological polar surface area (TPSA) is 103 Å². The Labute approximate surface area is 214 Å². The molecule has 0 radical (unpaired) electrons. The number of primary amides is 1. The zero-order valence-corrected chi connectivity index (χ0v) is 21.8. The number of amides is 1. The number of anilines is 2. The minimum atomic E-state index is -0.271. The Morgan fingerprint density at radius 3 is 2.69 bits per heavy atom. The van der Waals surface area contributed by atoms with Crippen molar-refractivity contribution in [3.05, 3.63) is 47.1 Å². The Hall–Kier alpha value is -2.91. The molecule has 9 heteroatoms. The van der Waals surface area contributed by atoms with Gasteiger partial charge in [0.05, 0.1) is 10.2 Å². The lowest BCUT2D eigenvalue weighted by Crippen LogP contribution is -2.44. The molecule has 3 aromatic rings. The number of nitrogens with two attached hydrogens (primary N) is 1. The molecule has 1 amide bonds. The third kappa shape index (κ3) is 5.06. The molecule has 3 atom stereocenters. The van der Waals surface area contributed by atoms with Crippen LogP contribution in [0.1, 0.15) is 19.8 Å². The van der Waals surface area contributed by atoms with Crippen molar-refractivity contribution in [2.75, 3.05) is 43.4 Å². The van der Waals surface area contributed by atoms with E-state index in [1.165, 1.54) is 5.69 Å². The molecule has 0 saturated carbocycles. The van der Waals surface area contributed by atoms with Crippen molar-refractivity contribution >= 4 is 44.4 Å². The van der Waals surface area contributed by atoms with Gasteiger partial charge in [0, 0.05) is 56.1 Å². The first-order chi connectivity index (χ1) is 16.9. The Morgan fingerprint density at radius 1 is 1.23 bits per heavy atom. The number of allylic oxidation sites excluding steroid dienone is 1. The van der Waals surface area contributed by atoms with Crippen LogP contribution in [0.3, 0.4) is 0 Å². The summed E-state index contributed by atoms with van der Waals surface area (Å²) in [4.78, 5) is 29.3. The molecule has 1 aliphatic heterocycles. The number of benzene rings is 1. The highest BCUT2D eigenvalue weighted by Crippen LogP contribution is 2.36. The first kappa shape index (κ1) is 23.8. The number of aromatic nitrogens is 3. The largest absolute Gasteiger partial charge is 0.379 e. The highest BCUT2D eigenvalue weighted by molar-refractivity contribution is 9.10. The Kier molecular flexibility index (Phi) is 6.80. The minimum absolute atomic E-state index is 0.0732. The van der Waals surface area contributed by atoms with E-state index in [4.69, 9.17) is 10.7 Å². The van der Waals surface area contributed by atoms with E-state index in [0.717, 1.165) is 59.7 Å². The molecule has 3 unspecified atom stereocenters. The van der Waals surface area contributed by atoms with E-state index in [-0.39, 0.29) is 23.8 Å². The second-order valence-electron chi connectivity index (χ2n) is 9.73. The van der Waals surface area contributed by atoms with Crippen molar-refractivity contribution in [2.24, 2.45) is 17.6 Å². The smallest absolute Gasteiger partial charge is 0.217 e. The third-order valence-corrected chi connectivity index (χ3v) is 7.81. The minimum Gasteiger partial charge on any atom is -0.379 e. The monoisotopic (exact) mass is 537 g/mol. The Morgan fingerprint density at radius 2 is 1.97 bits per heavy atom. The number of nitrogens with one attached hydrogen (secondary N) is 2. The van der Waals surface area contributed by atoms with E-state index in [1.807, 2.05) is 0 Å². The van der Waals surface area contributed by atoms with Gasteiger partial charge in [0.25, 0.3) is 0 Å². The number of fused-ring (bicyclic) bond motifs is 1. The maximum absolute atomic E-state index is 11.7. The number of rotatable bonds is 6. The second kappa shape index (κ2) is 9.99. The van der Waals surface area contributed by atoms with Crippen LogP contribution in [0.25, 0.3) is 22.6 Å². The quantitative estimate of drug-likeness (QED) is 0.410. The number of aromatic amines is 1. The van der Waals surface area contributed by atoms with Crippen molar-refractivity contribution in [2.45, 2.75) is 25.8 Å². The van der Waals surface area contributed by atoms with E-state index in [2.05, 4.69) is 91.4 Å². The average molecular weight is 538 g/mol. The SMILES string of the molecule is CC1C=CCC(CC(N)=O)C1Nc1c(Br)cnc2nc(-c3ccc(N4CCN(C)CC4)cc3)[nH]c12. The van der Waals surface area contributed by atoms with Crippen LogP contribution in [0.2, 0.25) is 0 Å². The lowest BCUT2D eigenvalue weighted by atomic mass is 9.80. The van der Waals surface area contributed by atoms with Crippen LogP contribution in [-0.4, -0.2) is 65.0 Å². The molecule has 1 aliphatic carbocycles. The molecule has 1 saturated heterocycles. The van der Waals surface area contributed by atoms with Crippen molar-refractivity contribution < 1.29 is 4.79 Å². The summed E-state index contributed by atoms with van der Waals surface area (Å²) in [5.74, 6) is 0.899. The van der Waals surface area contributed by atoms with Gasteiger partial charge in [-0.2, -0.15) is 0 Å². The van der Waals surface area contributed by atoms with Crippen molar-refractivity contribution in [3.63, 3.8) is 0 Å². The molecular formula is C26H32BrN7O. The number of imidazole rings is 1. The van der Waals surface area contributed by atoms with Gasteiger partial charge >= 0.3 is 0 Å². The molecule has 2 aliphatic rings. The van der Waals surface area contributed by atoms with Gasteiger partial charge in [0.2, 0.25) is 5.91 Å². The number of hydrogen-bond acceptors (Lipinski definition) is 6. The number of H-pyrrole nitrogens is 1. The Balaban J connectivity index is 1.42. The molecular weight excluding hydrogens is 506 g/mol. The molecule has 0 bridgehead atoms. The predicted octanol–water partition coefficient (Wildman–Crippen LogP) is 4.01. The summed E-state index contributed by atoms with van der Waals surface area (Å²) in [6.07, 6.45) is 7.30. The summed E-state index contributed by atoms with van der Waals surface area (Å²) in [5, 5.41) is 3.69. The number of hydrogen-bond donors (Lipinski definition) is 3. The molecule has 184 valence electrons. The number of carbonyl (C=O) groups is 1. The Bertz CT molecular complexity index is 1230. The molecule has 3 heterocycles. The maximum Gasteiger partial charge on any atom is 0.217 e. The van der Waals surface area contributed by atoms with Crippen LogP contribution in [0.15, 0.2) is 47.1 Å². The highest BCUT2D eigenvalue weighted by Gasteiger charge is 2.30. The first-order valence-electron chi connectivity index (χ1n) is 12.2. The fraction of sp³-hybridized carbons (Fsp3) is 0.423. The van der Waals surface area contributed by atoms with E-state index in [1.54, 1.807) is 6.20 Å². The summed E-state index contributed by atoms with van der Waals surface area (Å²) in [7, 11) is 2.17. The van der Waals surface area contributed by atoms with E-state index in [0.29, 0.717) is 12.1 Å². The van der Waals surface area contributed by atoms with Crippen LogP contribution in [0, 0.1) is 11.8 Å². The van der Waals surface area contributed by atoms with Crippen LogP contribution < -0.4 is 16.0 Å². The van der Waals surface area contributed by atoms with Crippen molar-refractivity contribution in [3.8, 4) is 11.4 Å². The normalized spacial score (nSPS) is 23.1. The van der Waals surface area contributed by atoms with E-state index in [9.17, 15) is 4.79 Å². The maximum atomic E-state index is 11.7. The van der Waals surface area contributed by atoms with Crippen LogP contribution in [0.5, 0.6) is 0 Å². The second-order valence-corrected chi connectivity index (χ2v) is 10.6. The van der Waals surface area contributed by atoms with Gasteiger partial charge in [-0.1, -0.05) is 19.1 Å². The average Bonchev–Trinajstić information content (AvgIpc) is 3.27.